The fourth-order valence-corrected chi connectivity index (χ4v) is 1.86. The van der Waals surface area contributed by atoms with E-state index in [1.165, 1.54) is 0 Å². The molecule has 0 unspecified atom stereocenters. The van der Waals surface area contributed by atoms with E-state index in [0.29, 0.717) is 18.0 Å². The van der Waals surface area contributed by atoms with Gasteiger partial charge in [-0.15, -0.1) is 0 Å². The van der Waals surface area contributed by atoms with Gasteiger partial charge in [-0.2, -0.15) is 0 Å². The van der Waals surface area contributed by atoms with Gasteiger partial charge in [0.2, 0.25) is 0 Å². The van der Waals surface area contributed by atoms with Gasteiger partial charge in [-0.05, 0) is 31.2 Å². The van der Waals surface area contributed by atoms with Crippen LogP contribution in [0.2, 0.25) is 0 Å². The van der Waals surface area contributed by atoms with Crippen molar-refractivity contribution in [2.45, 2.75) is 6.92 Å². The van der Waals surface area contributed by atoms with Gasteiger partial charge in [-0.25, -0.2) is 9.59 Å². The average molecular weight is 348 g/mol. The van der Waals surface area contributed by atoms with Crippen molar-refractivity contribution in [3.8, 4) is 5.75 Å². The third kappa shape index (κ3) is 4.70. The molecule has 132 valence electrons. The van der Waals surface area contributed by atoms with Crippen molar-refractivity contribution >= 4 is 23.3 Å². The number of nitrogens with two attached hydrogens (primary N) is 1. The Balaban J connectivity index is 1.94. The molecule has 0 aliphatic rings. The number of aromatic amines is 2. The number of rotatable bonds is 6. The molecule has 1 heterocycles. The van der Waals surface area contributed by atoms with E-state index in [2.05, 4.69) is 10.3 Å². The van der Waals surface area contributed by atoms with Crippen LogP contribution in [0.5, 0.6) is 5.75 Å². The zero-order chi connectivity index (χ0) is 18.4. The van der Waals surface area contributed by atoms with E-state index in [4.69, 9.17) is 15.2 Å². The Bertz CT molecular complexity index is 884. The highest BCUT2D eigenvalue weighted by atomic mass is 16.5. The second-order valence-electron chi connectivity index (χ2n) is 4.78. The highest BCUT2D eigenvalue weighted by Crippen LogP contribution is 2.15. The molecule has 1 aromatic carbocycles. The Kier molecular flexibility index (Phi) is 5.56. The maximum absolute atomic E-state index is 11.8. The van der Waals surface area contributed by atoms with Gasteiger partial charge < -0.3 is 20.5 Å². The number of aromatic nitrogens is 2. The van der Waals surface area contributed by atoms with Gasteiger partial charge in [-0.1, -0.05) is 0 Å². The maximum atomic E-state index is 11.8. The van der Waals surface area contributed by atoms with Gasteiger partial charge >= 0.3 is 11.7 Å². The van der Waals surface area contributed by atoms with Crippen molar-refractivity contribution in [2.75, 3.05) is 24.3 Å². The number of nitrogens with one attached hydrogen (secondary N) is 3. The van der Waals surface area contributed by atoms with Crippen LogP contribution in [0.4, 0.5) is 11.4 Å². The molecule has 10 nitrogen and oxygen atoms in total. The minimum Gasteiger partial charge on any atom is -0.494 e. The molecule has 0 atom stereocenters. The molecular weight excluding hydrogens is 332 g/mol. The molecule has 1 aromatic heterocycles. The van der Waals surface area contributed by atoms with Crippen LogP contribution in [-0.2, 0) is 9.53 Å². The van der Waals surface area contributed by atoms with Gasteiger partial charge in [0.25, 0.3) is 11.5 Å². The first-order chi connectivity index (χ1) is 11.9. The standard InChI is InChI=1S/C15H16N4O6/c1-2-24-9-5-3-8(4-6-9)17-10(20)7-25-14(22)12-11(16)13(21)19-15(23)18-12/h3-6H,2,7,16H2,1H3,(H,17,20)(H2,18,19,21,23). The van der Waals surface area contributed by atoms with Crippen molar-refractivity contribution in [3.05, 3.63) is 50.8 Å². The normalized spacial score (nSPS) is 10.1. The van der Waals surface area contributed by atoms with Gasteiger partial charge in [0, 0.05) is 5.69 Å². The molecule has 10 heteroatoms. The molecule has 5 N–H and O–H groups in total. The van der Waals surface area contributed by atoms with Crippen LogP contribution >= 0.6 is 0 Å². The van der Waals surface area contributed by atoms with Crippen LogP contribution in [0.25, 0.3) is 0 Å². The summed E-state index contributed by atoms with van der Waals surface area (Å²) < 4.78 is 10.0. The molecule has 0 spiro atoms. The van der Waals surface area contributed by atoms with Gasteiger partial charge in [0.15, 0.2) is 12.3 Å². The molecule has 0 radical (unpaired) electrons. The molecule has 0 fully saturated rings. The van der Waals surface area contributed by atoms with Crippen molar-refractivity contribution in [2.24, 2.45) is 0 Å². The third-order valence-electron chi connectivity index (χ3n) is 2.97. The molecule has 0 aliphatic carbocycles. The number of nitrogen functional groups attached to an aromatic ring is 1. The van der Waals surface area contributed by atoms with Crippen molar-refractivity contribution in [3.63, 3.8) is 0 Å². The smallest absolute Gasteiger partial charge is 0.357 e. The van der Waals surface area contributed by atoms with E-state index >= 15 is 0 Å². The number of carbonyl (C=O) groups excluding carboxylic acids is 2. The summed E-state index contributed by atoms with van der Waals surface area (Å²) in [6.07, 6.45) is 0. The summed E-state index contributed by atoms with van der Waals surface area (Å²) in [5.74, 6) is -1.05. The van der Waals surface area contributed by atoms with E-state index in [9.17, 15) is 19.2 Å². The molecule has 0 aliphatic heterocycles. The third-order valence-corrected chi connectivity index (χ3v) is 2.97. The average Bonchev–Trinajstić information content (AvgIpc) is 2.58. The largest absolute Gasteiger partial charge is 0.494 e. The fourth-order valence-electron chi connectivity index (χ4n) is 1.86. The van der Waals surface area contributed by atoms with Crippen molar-refractivity contribution in [1.82, 2.24) is 9.97 Å². The summed E-state index contributed by atoms with van der Waals surface area (Å²) in [4.78, 5) is 50.0. The highest BCUT2D eigenvalue weighted by molar-refractivity contribution is 5.96. The summed E-state index contributed by atoms with van der Waals surface area (Å²) in [5.41, 5.74) is 3.03. The molecule has 0 bridgehead atoms. The van der Waals surface area contributed by atoms with Crippen LogP contribution in [-0.4, -0.2) is 35.1 Å². The van der Waals surface area contributed by atoms with Crippen LogP contribution in [0.1, 0.15) is 17.4 Å². The van der Waals surface area contributed by atoms with Crippen LogP contribution < -0.4 is 27.0 Å². The molecule has 2 aromatic rings. The zero-order valence-electron chi connectivity index (χ0n) is 13.3. The van der Waals surface area contributed by atoms with Crippen molar-refractivity contribution in [1.29, 1.82) is 0 Å². The number of hydrogen-bond acceptors (Lipinski definition) is 7. The highest BCUT2D eigenvalue weighted by Gasteiger charge is 2.17. The first kappa shape index (κ1) is 17.8. The molecule has 25 heavy (non-hydrogen) atoms. The Morgan fingerprint density at radius 2 is 1.84 bits per heavy atom. The summed E-state index contributed by atoms with van der Waals surface area (Å²) in [6.45, 7) is 1.75. The van der Waals surface area contributed by atoms with E-state index in [-0.39, 0.29) is 0 Å². The number of anilines is 2. The van der Waals surface area contributed by atoms with E-state index < -0.39 is 41.1 Å². The summed E-state index contributed by atoms with van der Waals surface area (Å²) in [5, 5.41) is 2.51. The maximum Gasteiger partial charge on any atom is 0.357 e. The second-order valence-corrected chi connectivity index (χ2v) is 4.78. The van der Waals surface area contributed by atoms with Crippen molar-refractivity contribution < 1.29 is 19.1 Å². The monoisotopic (exact) mass is 348 g/mol. The lowest BCUT2D eigenvalue weighted by Crippen LogP contribution is -2.30. The first-order valence-corrected chi connectivity index (χ1v) is 7.22. The molecule has 2 rings (SSSR count). The molecule has 1 amide bonds. The Hall–Kier alpha value is -3.56. The molecule has 0 saturated heterocycles. The van der Waals surface area contributed by atoms with Crippen LogP contribution in [0.3, 0.4) is 0 Å². The predicted molar refractivity (Wildman–Crippen MR) is 88.6 cm³/mol. The van der Waals surface area contributed by atoms with E-state index in [1.54, 1.807) is 24.3 Å². The van der Waals surface area contributed by atoms with Crippen LogP contribution in [0, 0.1) is 0 Å². The number of H-pyrrole nitrogens is 2. The minimum absolute atomic E-state index is 0.480. The fraction of sp³-hybridized carbons (Fsp3) is 0.200. The lowest BCUT2D eigenvalue weighted by molar-refractivity contribution is -0.119. The SMILES string of the molecule is CCOc1ccc(NC(=O)COC(=O)c2[nH]c(=O)[nH]c(=O)c2N)cc1. The predicted octanol–water partition coefficient (Wildman–Crippen LogP) is -0.160. The summed E-state index contributed by atoms with van der Waals surface area (Å²) >= 11 is 0. The zero-order valence-corrected chi connectivity index (χ0v) is 13.3. The Morgan fingerprint density at radius 3 is 2.48 bits per heavy atom. The number of hydrogen-bond donors (Lipinski definition) is 4. The number of ether oxygens (including phenoxy) is 2. The summed E-state index contributed by atoms with van der Waals surface area (Å²) in [7, 11) is 0. The quantitative estimate of drug-likeness (QED) is 0.528. The number of esters is 1. The Labute approximate surface area is 141 Å². The second kappa shape index (κ2) is 7.81. The lowest BCUT2D eigenvalue weighted by Gasteiger charge is -2.08. The minimum atomic E-state index is -1.09. The van der Waals surface area contributed by atoms with Gasteiger partial charge in [0.1, 0.15) is 11.4 Å². The van der Waals surface area contributed by atoms with Gasteiger partial charge in [0.05, 0.1) is 6.61 Å². The molecule has 0 saturated carbocycles. The first-order valence-electron chi connectivity index (χ1n) is 7.22. The lowest BCUT2D eigenvalue weighted by atomic mass is 10.3. The molecular formula is C15H16N4O6. The van der Waals surface area contributed by atoms with Gasteiger partial charge in [-0.3, -0.25) is 19.6 Å². The summed E-state index contributed by atoms with van der Waals surface area (Å²) in [6, 6.07) is 6.59. The Morgan fingerprint density at radius 1 is 1.16 bits per heavy atom. The number of amides is 1. The number of benzene rings is 1. The topological polar surface area (TPSA) is 156 Å². The van der Waals surface area contributed by atoms with E-state index in [0.717, 1.165) is 0 Å². The number of carbonyl (C=O) groups is 2. The van der Waals surface area contributed by atoms with Crippen LogP contribution in [0.15, 0.2) is 33.9 Å². The van der Waals surface area contributed by atoms with E-state index in [1.807, 2.05) is 11.9 Å².